The molecular weight excluding hydrogens is 386 g/mol. The van der Waals surface area contributed by atoms with Crippen LogP contribution in [0.15, 0.2) is 48.8 Å². The van der Waals surface area contributed by atoms with E-state index in [1.807, 2.05) is 19.1 Å². The third kappa shape index (κ3) is 3.38. The molecule has 0 bridgehead atoms. The number of amides is 1. The molecule has 0 unspecified atom stereocenters. The van der Waals surface area contributed by atoms with E-state index in [1.54, 1.807) is 42.1 Å². The zero-order valence-corrected chi connectivity index (χ0v) is 16.9. The predicted octanol–water partition coefficient (Wildman–Crippen LogP) is 2.66. The van der Waals surface area contributed by atoms with Gasteiger partial charge in [-0.05, 0) is 36.8 Å². The van der Waals surface area contributed by atoms with Crippen molar-refractivity contribution in [1.82, 2.24) is 14.8 Å². The molecule has 1 aliphatic rings. The van der Waals surface area contributed by atoms with Gasteiger partial charge in [0.25, 0.3) is 0 Å². The molecule has 0 spiro atoms. The number of methoxy groups -OCH3 is 2. The summed E-state index contributed by atoms with van der Waals surface area (Å²) in [4.78, 5) is 17.7. The van der Waals surface area contributed by atoms with Crippen molar-refractivity contribution in [3.8, 4) is 17.2 Å². The Bertz CT molecular complexity index is 1070. The molecular formula is C21H23N5O4. The summed E-state index contributed by atoms with van der Waals surface area (Å²) in [7, 11) is 3.04. The number of para-hydroxylation sites is 2. The zero-order chi connectivity index (χ0) is 21.3. The lowest BCUT2D eigenvalue weighted by atomic mass is 9.85. The van der Waals surface area contributed by atoms with Crippen molar-refractivity contribution in [3.05, 3.63) is 54.4 Å². The molecule has 30 heavy (non-hydrogen) atoms. The van der Waals surface area contributed by atoms with Crippen molar-refractivity contribution in [2.45, 2.75) is 19.0 Å². The second-order valence-electron chi connectivity index (χ2n) is 7.05. The van der Waals surface area contributed by atoms with Gasteiger partial charge in [0.05, 0.1) is 31.9 Å². The first-order chi connectivity index (χ1) is 14.5. The van der Waals surface area contributed by atoms with Crippen LogP contribution in [0.5, 0.6) is 17.2 Å². The highest BCUT2D eigenvalue weighted by Crippen LogP contribution is 2.39. The summed E-state index contributed by atoms with van der Waals surface area (Å²) in [6.45, 7) is 1.93. The first-order valence-electron chi connectivity index (χ1n) is 9.50. The largest absolute Gasteiger partial charge is 0.504 e. The molecule has 3 N–H and O–H groups in total. The maximum Gasteiger partial charge on any atom is 0.232 e. The maximum atomic E-state index is 13.4. The number of carbonyl (C=O) groups is 1. The summed E-state index contributed by atoms with van der Waals surface area (Å²) < 4.78 is 12.3. The quantitative estimate of drug-likeness (QED) is 0.594. The highest BCUT2D eigenvalue weighted by Gasteiger charge is 2.41. The number of rotatable bonds is 5. The van der Waals surface area contributed by atoms with Crippen molar-refractivity contribution in [3.63, 3.8) is 0 Å². The Balaban J connectivity index is 1.75. The lowest BCUT2D eigenvalue weighted by Crippen LogP contribution is -2.46. The highest BCUT2D eigenvalue weighted by molar-refractivity contribution is 5.95. The SMILES string of the molecule is COc1cc([C@H]2[C@H](C(=O)Nc3ccccc3OC)[C@H](C)Nc3ncnn32)ccc1O. The van der Waals surface area contributed by atoms with Crippen LogP contribution in [0.1, 0.15) is 18.5 Å². The minimum absolute atomic E-state index is 0.0251. The van der Waals surface area contributed by atoms with E-state index < -0.39 is 12.0 Å². The van der Waals surface area contributed by atoms with Gasteiger partial charge in [0.1, 0.15) is 12.1 Å². The number of nitrogens with one attached hydrogen (secondary N) is 2. The van der Waals surface area contributed by atoms with E-state index in [0.717, 1.165) is 5.56 Å². The molecule has 9 heteroatoms. The molecule has 0 saturated carbocycles. The van der Waals surface area contributed by atoms with E-state index >= 15 is 0 Å². The van der Waals surface area contributed by atoms with E-state index in [9.17, 15) is 9.90 Å². The van der Waals surface area contributed by atoms with Crippen LogP contribution in [0.3, 0.4) is 0 Å². The predicted molar refractivity (Wildman–Crippen MR) is 111 cm³/mol. The molecule has 4 rings (SSSR count). The van der Waals surface area contributed by atoms with Crippen molar-refractivity contribution >= 4 is 17.5 Å². The number of fused-ring (bicyclic) bond motifs is 1. The topological polar surface area (TPSA) is 111 Å². The van der Waals surface area contributed by atoms with E-state index in [-0.39, 0.29) is 17.7 Å². The van der Waals surface area contributed by atoms with Crippen molar-refractivity contribution in [1.29, 1.82) is 0 Å². The Morgan fingerprint density at radius 1 is 1.17 bits per heavy atom. The van der Waals surface area contributed by atoms with Gasteiger partial charge in [-0.3, -0.25) is 4.79 Å². The van der Waals surface area contributed by atoms with E-state index in [4.69, 9.17) is 9.47 Å². The average molecular weight is 409 g/mol. The van der Waals surface area contributed by atoms with Gasteiger partial charge in [-0.15, -0.1) is 0 Å². The number of nitrogens with zero attached hydrogens (tertiary/aromatic N) is 3. The van der Waals surface area contributed by atoms with E-state index in [0.29, 0.717) is 23.1 Å². The van der Waals surface area contributed by atoms with Crippen LogP contribution in [-0.2, 0) is 4.79 Å². The first kappa shape index (κ1) is 19.6. The Morgan fingerprint density at radius 3 is 2.70 bits per heavy atom. The summed E-state index contributed by atoms with van der Waals surface area (Å²) in [5.74, 6) is 0.768. The van der Waals surface area contributed by atoms with Crippen LogP contribution in [0.2, 0.25) is 0 Å². The molecule has 1 amide bonds. The Labute approximate surface area is 173 Å². The number of hydrogen-bond acceptors (Lipinski definition) is 7. The number of phenols is 1. The first-order valence-corrected chi connectivity index (χ1v) is 9.50. The number of aromatic hydroxyl groups is 1. The second-order valence-corrected chi connectivity index (χ2v) is 7.05. The number of ether oxygens (including phenoxy) is 2. The number of hydrogen-bond donors (Lipinski definition) is 3. The lowest BCUT2D eigenvalue weighted by Gasteiger charge is -2.37. The highest BCUT2D eigenvalue weighted by atomic mass is 16.5. The molecule has 2 aromatic carbocycles. The summed E-state index contributed by atoms with van der Waals surface area (Å²) >= 11 is 0. The molecule has 0 fully saturated rings. The molecule has 0 radical (unpaired) electrons. The van der Waals surface area contributed by atoms with Crippen LogP contribution >= 0.6 is 0 Å². The standard InChI is InChI=1S/C21H23N5O4/c1-12-18(20(28)25-14-6-4-5-7-16(14)29-2)19(26-21(24-12)22-11-23-26)13-8-9-15(27)17(10-13)30-3/h4-12,18-19,27H,1-3H3,(H,25,28)(H,22,23,24)/t12-,18+,19-/m0/s1. The van der Waals surface area contributed by atoms with Crippen LogP contribution in [0.4, 0.5) is 11.6 Å². The number of carbonyl (C=O) groups excluding carboxylic acids is 1. The number of anilines is 2. The molecule has 0 aliphatic carbocycles. The molecule has 1 aliphatic heterocycles. The molecule has 3 aromatic rings. The maximum absolute atomic E-state index is 13.4. The third-order valence-corrected chi connectivity index (χ3v) is 5.29. The van der Waals surface area contributed by atoms with E-state index in [1.165, 1.54) is 13.4 Å². The fourth-order valence-corrected chi connectivity index (χ4v) is 3.84. The second kappa shape index (κ2) is 7.94. The van der Waals surface area contributed by atoms with Crippen LogP contribution < -0.4 is 20.1 Å². The summed E-state index contributed by atoms with van der Waals surface area (Å²) in [6, 6.07) is 11.6. The fourth-order valence-electron chi connectivity index (χ4n) is 3.84. The Hall–Kier alpha value is -3.75. The fraction of sp³-hybridized carbons (Fsp3) is 0.286. The molecule has 2 heterocycles. The van der Waals surface area contributed by atoms with Gasteiger partial charge in [-0.25, -0.2) is 4.68 Å². The normalized spacial score (nSPS) is 20.0. The van der Waals surface area contributed by atoms with Crippen LogP contribution in [0, 0.1) is 5.92 Å². The number of benzene rings is 2. The number of phenolic OH excluding ortho intramolecular Hbond substituents is 1. The van der Waals surface area contributed by atoms with E-state index in [2.05, 4.69) is 20.7 Å². The van der Waals surface area contributed by atoms with Gasteiger partial charge in [0, 0.05) is 6.04 Å². The number of aromatic nitrogens is 3. The monoisotopic (exact) mass is 409 g/mol. The summed E-state index contributed by atoms with van der Waals surface area (Å²) in [5.41, 5.74) is 1.36. The zero-order valence-electron chi connectivity index (χ0n) is 16.9. The van der Waals surface area contributed by atoms with Crippen LogP contribution in [0.25, 0.3) is 0 Å². The Morgan fingerprint density at radius 2 is 1.93 bits per heavy atom. The smallest absolute Gasteiger partial charge is 0.232 e. The van der Waals surface area contributed by atoms with Gasteiger partial charge in [-0.2, -0.15) is 10.1 Å². The molecule has 9 nitrogen and oxygen atoms in total. The summed E-state index contributed by atoms with van der Waals surface area (Å²) in [6.07, 6.45) is 1.44. The van der Waals surface area contributed by atoms with Crippen LogP contribution in [-0.4, -0.2) is 46.0 Å². The van der Waals surface area contributed by atoms with Crippen molar-refractivity contribution in [2.75, 3.05) is 24.9 Å². The Kier molecular flexibility index (Phi) is 5.18. The van der Waals surface area contributed by atoms with Crippen molar-refractivity contribution < 1.29 is 19.4 Å². The average Bonchev–Trinajstić information content (AvgIpc) is 3.21. The minimum atomic E-state index is -0.529. The molecule has 0 saturated heterocycles. The van der Waals surface area contributed by atoms with Crippen molar-refractivity contribution in [2.24, 2.45) is 5.92 Å². The van der Waals surface area contributed by atoms with Gasteiger partial charge in [0.15, 0.2) is 11.5 Å². The molecule has 156 valence electrons. The lowest BCUT2D eigenvalue weighted by molar-refractivity contribution is -0.121. The third-order valence-electron chi connectivity index (χ3n) is 5.29. The molecule has 3 atom stereocenters. The van der Waals surface area contributed by atoms with Gasteiger partial charge in [0.2, 0.25) is 11.9 Å². The minimum Gasteiger partial charge on any atom is -0.504 e. The van der Waals surface area contributed by atoms with Gasteiger partial charge >= 0.3 is 0 Å². The van der Waals surface area contributed by atoms with Gasteiger partial charge in [-0.1, -0.05) is 18.2 Å². The summed E-state index contributed by atoms with van der Waals surface area (Å²) in [5, 5.41) is 20.6. The van der Waals surface area contributed by atoms with Gasteiger partial charge < -0.3 is 25.2 Å². The molecule has 1 aromatic heterocycles.